The van der Waals surface area contributed by atoms with Crippen LogP contribution in [0.3, 0.4) is 0 Å². The van der Waals surface area contributed by atoms with E-state index in [4.69, 9.17) is 0 Å². The van der Waals surface area contributed by atoms with E-state index in [1.165, 1.54) is 4.88 Å². The molecule has 2 atom stereocenters. The van der Waals surface area contributed by atoms with Crippen molar-refractivity contribution in [2.75, 3.05) is 0 Å². The van der Waals surface area contributed by atoms with Crippen LogP contribution in [0.5, 0.6) is 0 Å². The Hall–Kier alpha value is -0.680. The van der Waals surface area contributed by atoms with E-state index in [-0.39, 0.29) is 6.10 Å². The third kappa shape index (κ3) is 3.92. The Labute approximate surface area is 110 Å². The van der Waals surface area contributed by atoms with E-state index in [0.29, 0.717) is 6.04 Å². The van der Waals surface area contributed by atoms with Gasteiger partial charge in [-0.2, -0.15) is 0 Å². The number of nitrogens with one attached hydrogen (secondary N) is 1. The predicted molar refractivity (Wildman–Crippen MR) is 74.5 cm³/mol. The standard InChI is InChI=1S/C13H17NOS2/c1-10(14-9-11-4-2-6-16-11)8-12(15)13-5-3-7-17-13/h2-7,10,12,14-15H,8-9H2,1H3/t10-,12-/m0/s1. The number of rotatable bonds is 6. The van der Waals surface area contributed by atoms with Gasteiger partial charge < -0.3 is 10.4 Å². The van der Waals surface area contributed by atoms with Crippen molar-refractivity contribution in [3.05, 3.63) is 44.8 Å². The monoisotopic (exact) mass is 267 g/mol. The molecule has 2 N–H and O–H groups in total. The molecule has 2 nitrogen and oxygen atoms in total. The highest BCUT2D eigenvalue weighted by Crippen LogP contribution is 2.23. The maximum absolute atomic E-state index is 10.0. The lowest BCUT2D eigenvalue weighted by Crippen LogP contribution is -2.26. The van der Waals surface area contributed by atoms with Crippen molar-refractivity contribution in [2.24, 2.45) is 0 Å². The van der Waals surface area contributed by atoms with Gasteiger partial charge in [-0.05, 0) is 36.2 Å². The summed E-state index contributed by atoms with van der Waals surface area (Å²) in [5.74, 6) is 0. The van der Waals surface area contributed by atoms with E-state index in [2.05, 4.69) is 29.8 Å². The summed E-state index contributed by atoms with van der Waals surface area (Å²) in [7, 11) is 0. The lowest BCUT2D eigenvalue weighted by molar-refractivity contribution is 0.157. The SMILES string of the molecule is C[C@@H](C[C@H](O)c1cccs1)NCc1cccs1. The minimum Gasteiger partial charge on any atom is -0.388 e. The third-order valence-corrected chi connectivity index (χ3v) is 4.50. The van der Waals surface area contributed by atoms with Crippen LogP contribution in [0.2, 0.25) is 0 Å². The summed E-state index contributed by atoms with van der Waals surface area (Å²) in [5, 5.41) is 17.5. The summed E-state index contributed by atoms with van der Waals surface area (Å²) in [6.45, 7) is 3.00. The van der Waals surface area contributed by atoms with E-state index in [9.17, 15) is 5.11 Å². The Bertz CT molecular complexity index is 411. The van der Waals surface area contributed by atoms with Gasteiger partial charge in [0.15, 0.2) is 0 Å². The zero-order valence-corrected chi connectivity index (χ0v) is 11.4. The summed E-state index contributed by atoms with van der Waals surface area (Å²) >= 11 is 3.37. The van der Waals surface area contributed by atoms with Crippen LogP contribution in [-0.2, 0) is 6.54 Å². The average molecular weight is 267 g/mol. The molecular weight excluding hydrogens is 250 g/mol. The van der Waals surface area contributed by atoms with Gasteiger partial charge in [-0.3, -0.25) is 0 Å². The number of aliphatic hydroxyl groups is 1. The van der Waals surface area contributed by atoms with Gasteiger partial charge in [0.25, 0.3) is 0 Å². The molecule has 2 rings (SSSR count). The first-order valence-electron chi connectivity index (χ1n) is 5.73. The predicted octanol–water partition coefficient (Wildman–Crippen LogP) is 3.41. The van der Waals surface area contributed by atoms with Crippen molar-refractivity contribution in [2.45, 2.75) is 32.0 Å². The van der Waals surface area contributed by atoms with Crippen LogP contribution in [0.4, 0.5) is 0 Å². The Morgan fingerprint density at radius 3 is 2.65 bits per heavy atom. The second kappa shape index (κ2) is 6.31. The molecule has 0 radical (unpaired) electrons. The lowest BCUT2D eigenvalue weighted by Gasteiger charge is -2.16. The summed E-state index contributed by atoms with van der Waals surface area (Å²) in [4.78, 5) is 2.39. The molecule has 4 heteroatoms. The maximum atomic E-state index is 10.0. The van der Waals surface area contributed by atoms with Gasteiger partial charge in [0.2, 0.25) is 0 Å². The average Bonchev–Trinajstić information content (AvgIpc) is 2.99. The molecular formula is C13H17NOS2. The third-order valence-electron chi connectivity index (χ3n) is 2.65. The van der Waals surface area contributed by atoms with Crippen molar-refractivity contribution < 1.29 is 5.11 Å². The minimum atomic E-state index is -0.346. The fourth-order valence-corrected chi connectivity index (χ4v) is 3.08. The molecule has 0 aliphatic heterocycles. The number of hydrogen-bond donors (Lipinski definition) is 2. The first kappa shape index (κ1) is 12.8. The summed E-state index contributed by atoms with van der Waals surface area (Å²) < 4.78 is 0. The van der Waals surface area contributed by atoms with Gasteiger partial charge >= 0.3 is 0 Å². The molecule has 17 heavy (non-hydrogen) atoms. The summed E-state index contributed by atoms with van der Waals surface area (Å²) in [6, 6.07) is 8.47. The second-order valence-electron chi connectivity index (χ2n) is 4.13. The van der Waals surface area contributed by atoms with E-state index >= 15 is 0 Å². The summed E-state index contributed by atoms with van der Waals surface area (Å²) in [5.41, 5.74) is 0. The van der Waals surface area contributed by atoms with Crippen LogP contribution < -0.4 is 5.32 Å². The molecule has 2 aromatic heterocycles. The van der Waals surface area contributed by atoms with Gasteiger partial charge in [0.05, 0.1) is 6.10 Å². The minimum absolute atomic E-state index is 0.314. The molecule has 2 aromatic rings. The van der Waals surface area contributed by atoms with Crippen LogP contribution in [0.25, 0.3) is 0 Å². The molecule has 0 saturated heterocycles. The molecule has 0 unspecified atom stereocenters. The second-order valence-corrected chi connectivity index (χ2v) is 6.14. The molecule has 0 aromatic carbocycles. The van der Waals surface area contributed by atoms with Crippen molar-refractivity contribution in [3.63, 3.8) is 0 Å². The van der Waals surface area contributed by atoms with Gasteiger partial charge in [0.1, 0.15) is 0 Å². The van der Waals surface area contributed by atoms with E-state index < -0.39 is 0 Å². The molecule has 0 bridgehead atoms. The quantitative estimate of drug-likeness (QED) is 0.840. The smallest absolute Gasteiger partial charge is 0.0896 e. The maximum Gasteiger partial charge on any atom is 0.0896 e. The van der Waals surface area contributed by atoms with Crippen LogP contribution >= 0.6 is 22.7 Å². The van der Waals surface area contributed by atoms with Crippen LogP contribution in [0.15, 0.2) is 35.0 Å². The molecule has 0 fully saturated rings. The van der Waals surface area contributed by atoms with Crippen molar-refractivity contribution in [3.8, 4) is 0 Å². The molecule has 0 aliphatic carbocycles. The fraction of sp³-hybridized carbons (Fsp3) is 0.385. The van der Waals surface area contributed by atoms with Crippen molar-refractivity contribution in [1.29, 1.82) is 0 Å². The van der Waals surface area contributed by atoms with E-state index in [0.717, 1.165) is 17.8 Å². The molecule has 2 heterocycles. The first-order chi connectivity index (χ1) is 8.25. The van der Waals surface area contributed by atoms with Crippen LogP contribution in [0.1, 0.15) is 29.2 Å². The van der Waals surface area contributed by atoms with E-state index in [1.807, 2.05) is 17.5 Å². The largest absolute Gasteiger partial charge is 0.388 e. The highest BCUT2D eigenvalue weighted by atomic mass is 32.1. The van der Waals surface area contributed by atoms with Crippen molar-refractivity contribution >= 4 is 22.7 Å². The van der Waals surface area contributed by atoms with E-state index in [1.54, 1.807) is 22.7 Å². The van der Waals surface area contributed by atoms with Crippen LogP contribution in [0, 0.1) is 0 Å². The lowest BCUT2D eigenvalue weighted by atomic mass is 10.1. The molecule has 0 aliphatic rings. The van der Waals surface area contributed by atoms with Crippen LogP contribution in [-0.4, -0.2) is 11.1 Å². The topological polar surface area (TPSA) is 32.3 Å². The highest BCUT2D eigenvalue weighted by molar-refractivity contribution is 7.10. The fourth-order valence-electron chi connectivity index (χ4n) is 1.70. The molecule has 0 amide bonds. The van der Waals surface area contributed by atoms with Gasteiger partial charge in [-0.15, -0.1) is 22.7 Å². The zero-order chi connectivity index (χ0) is 12.1. The normalized spacial score (nSPS) is 14.7. The van der Waals surface area contributed by atoms with Gasteiger partial charge in [0, 0.05) is 22.3 Å². The Morgan fingerprint density at radius 1 is 1.24 bits per heavy atom. The molecule has 92 valence electrons. The highest BCUT2D eigenvalue weighted by Gasteiger charge is 2.12. The molecule has 0 saturated carbocycles. The zero-order valence-electron chi connectivity index (χ0n) is 9.80. The summed E-state index contributed by atoms with van der Waals surface area (Å²) in [6.07, 6.45) is 0.409. The molecule has 0 spiro atoms. The Morgan fingerprint density at radius 2 is 2.00 bits per heavy atom. The Balaban J connectivity index is 1.75. The van der Waals surface area contributed by atoms with Gasteiger partial charge in [-0.1, -0.05) is 12.1 Å². The number of hydrogen-bond acceptors (Lipinski definition) is 4. The van der Waals surface area contributed by atoms with Crippen molar-refractivity contribution in [1.82, 2.24) is 5.32 Å². The van der Waals surface area contributed by atoms with Gasteiger partial charge in [-0.25, -0.2) is 0 Å². The first-order valence-corrected chi connectivity index (χ1v) is 7.49. The Kier molecular flexibility index (Phi) is 4.74. The number of thiophene rings is 2. The number of aliphatic hydroxyl groups excluding tert-OH is 1.